The highest BCUT2D eigenvalue weighted by Gasteiger charge is 2.24. The first-order valence-electron chi connectivity index (χ1n) is 5.86. The van der Waals surface area contributed by atoms with E-state index in [4.69, 9.17) is 11.6 Å². The summed E-state index contributed by atoms with van der Waals surface area (Å²) in [7, 11) is 0. The fourth-order valence-electron chi connectivity index (χ4n) is 1.74. The van der Waals surface area contributed by atoms with Crippen LogP contribution in [0.1, 0.15) is 32.3 Å². The summed E-state index contributed by atoms with van der Waals surface area (Å²) < 4.78 is 13.1. The van der Waals surface area contributed by atoms with E-state index in [0.29, 0.717) is 17.1 Å². The highest BCUT2D eigenvalue weighted by molar-refractivity contribution is 6.31. The third-order valence-corrected chi connectivity index (χ3v) is 3.69. The standard InChI is InChI=1S/C13H19ClFNO/c1-3-13(4-2,9-17)16-8-10-7-11(15)5-6-12(10)14/h5-7,16-17H,3-4,8-9H2,1-2H3. The maximum atomic E-state index is 13.1. The van der Waals surface area contributed by atoms with Crippen molar-refractivity contribution in [1.82, 2.24) is 5.32 Å². The van der Waals surface area contributed by atoms with Crippen molar-refractivity contribution in [2.45, 2.75) is 38.8 Å². The van der Waals surface area contributed by atoms with Crippen LogP contribution in [0.25, 0.3) is 0 Å². The van der Waals surface area contributed by atoms with Gasteiger partial charge in [-0.05, 0) is 36.6 Å². The van der Waals surface area contributed by atoms with E-state index >= 15 is 0 Å². The van der Waals surface area contributed by atoms with Crippen molar-refractivity contribution in [2.24, 2.45) is 0 Å². The average Bonchev–Trinajstić information content (AvgIpc) is 2.35. The topological polar surface area (TPSA) is 32.3 Å². The highest BCUT2D eigenvalue weighted by atomic mass is 35.5. The van der Waals surface area contributed by atoms with Gasteiger partial charge in [0.2, 0.25) is 0 Å². The molecule has 4 heteroatoms. The van der Waals surface area contributed by atoms with Crippen LogP contribution in [0.2, 0.25) is 5.02 Å². The number of hydrogen-bond acceptors (Lipinski definition) is 2. The molecule has 0 heterocycles. The molecular formula is C13H19ClFNO. The number of hydrogen-bond donors (Lipinski definition) is 2. The van der Waals surface area contributed by atoms with Crippen LogP contribution in [-0.2, 0) is 6.54 Å². The van der Waals surface area contributed by atoms with Gasteiger partial charge in [-0.15, -0.1) is 0 Å². The Morgan fingerprint density at radius 3 is 2.53 bits per heavy atom. The van der Waals surface area contributed by atoms with Crippen LogP contribution in [-0.4, -0.2) is 17.3 Å². The SMILES string of the molecule is CCC(CC)(CO)NCc1cc(F)ccc1Cl. The van der Waals surface area contributed by atoms with Crippen molar-refractivity contribution in [1.29, 1.82) is 0 Å². The molecule has 0 fully saturated rings. The number of nitrogens with one attached hydrogen (secondary N) is 1. The lowest BCUT2D eigenvalue weighted by atomic mass is 9.93. The molecule has 0 bridgehead atoms. The van der Waals surface area contributed by atoms with Crippen LogP contribution in [0, 0.1) is 5.82 Å². The number of aliphatic hydroxyl groups is 1. The summed E-state index contributed by atoms with van der Waals surface area (Å²) in [6, 6.07) is 4.31. The van der Waals surface area contributed by atoms with E-state index in [0.717, 1.165) is 12.8 Å². The van der Waals surface area contributed by atoms with Crippen molar-refractivity contribution >= 4 is 11.6 Å². The fraction of sp³-hybridized carbons (Fsp3) is 0.538. The molecule has 0 aliphatic heterocycles. The van der Waals surface area contributed by atoms with Crippen LogP contribution in [0.15, 0.2) is 18.2 Å². The molecule has 0 aromatic heterocycles. The Hall–Kier alpha value is -0.640. The van der Waals surface area contributed by atoms with Gasteiger partial charge in [0.15, 0.2) is 0 Å². The van der Waals surface area contributed by atoms with E-state index in [9.17, 15) is 9.50 Å². The van der Waals surface area contributed by atoms with Crippen molar-refractivity contribution in [3.8, 4) is 0 Å². The molecule has 1 aromatic carbocycles. The molecule has 0 saturated carbocycles. The molecule has 2 nitrogen and oxygen atoms in total. The summed E-state index contributed by atoms with van der Waals surface area (Å²) in [6.45, 7) is 4.55. The Bertz CT molecular complexity index is 358. The lowest BCUT2D eigenvalue weighted by Crippen LogP contribution is -2.47. The molecule has 0 aliphatic rings. The van der Waals surface area contributed by atoms with E-state index in [2.05, 4.69) is 5.32 Å². The summed E-state index contributed by atoms with van der Waals surface area (Å²) >= 11 is 5.99. The molecule has 0 aliphatic carbocycles. The maximum Gasteiger partial charge on any atom is 0.123 e. The first-order valence-corrected chi connectivity index (χ1v) is 6.24. The number of aliphatic hydroxyl groups excluding tert-OH is 1. The molecule has 0 amide bonds. The predicted molar refractivity (Wildman–Crippen MR) is 68.6 cm³/mol. The lowest BCUT2D eigenvalue weighted by Gasteiger charge is -2.31. The zero-order valence-electron chi connectivity index (χ0n) is 10.3. The molecule has 96 valence electrons. The van der Waals surface area contributed by atoms with E-state index in [-0.39, 0.29) is 18.0 Å². The van der Waals surface area contributed by atoms with Gasteiger partial charge in [0.1, 0.15) is 5.82 Å². The maximum absolute atomic E-state index is 13.1. The lowest BCUT2D eigenvalue weighted by molar-refractivity contribution is 0.149. The van der Waals surface area contributed by atoms with Crippen LogP contribution in [0.5, 0.6) is 0 Å². The van der Waals surface area contributed by atoms with Crippen LogP contribution < -0.4 is 5.32 Å². The van der Waals surface area contributed by atoms with Crippen molar-refractivity contribution in [3.63, 3.8) is 0 Å². The Balaban J connectivity index is 2.75. The zero-order chi connectivity index (χ0) is 12.9. The molecule has 0 spiro atoms. The highest BCUT2D eigenvalue weighted by Crippen LogP contribution is 2.20. The quantitative estimate of drug-likeness (QED) is 0.823. The molecule has 2 N–H and O–H groups in total. The molecule has 0 radical (unpaired) electrons. The first kappa shape index (κ1) is 14.4. The molecule has 1 aromatic rings. The number of rotatable bonds is 6. The fourth-order valence-corrected chi connectivity index (χ4v) is 1.93. The summed E-state index contributed by atoms with van der Waals surface area (Å²) in [6.07, 6.45) is 1.62. The van der Waals surface area contributed by atoms with Crippen LogP contribution in [0.3, 0.4) is 0 Å². The largest absolute Gasteiger partial charge is 0.394 e. The van der Waals surface area contributed by atoms with Crippen LogP contribution in [0.4, 0.5) is 4.39 Å². The molecular weight excluding hydrogens is 241 g/mol. The molecule has 1 rings (SSSR count). The summed E-state index contributed by atoms with van der Waals surface area (Å²) in [5.41, 5.74) is 0.404. The minimum Gasteiger partial charge on any atom is -0.394 e. The van der Waals surface area contributed by atoms with Crippen molar-refractivity contribution in [3.05, 3.63) is 34.6 Å². The third-order valence-electron chi connectivity index (χ3n) is 3.32. The smallest absolute Gasteiger partial charge is 0.123 e. The number of benzene rings is 1. The molecule has 0 atom stereocenters. The second-order valence-corrected chi connectivity index (χ2v) is 4.64. The summed E-state index contributed by atoms with van der Waals surface area (Å²) in [5.74, 6) is -0.297. The minimum atomic E-state index is -0.310. The first-order chi connectivity index (χ1) is 8.06. The molecule has 0 saturated heterocycles. The van der Waals surface area contributed by atoms with Gasteiger partial charge >= 0.3 is 0 Å². The predicted octanol–water partition coefficient (Wildman–Crippen LogP) is 3.12. The summed E-state index contributed by atoms with van der Waals surface area (Å²) in [4.78, 5) is 0. The van der Waals surface area contributed by atoms with Gasteiger partial charge in [-0.3, -0.25) is 0 Å². The third kappa shape index (κ3) is 3.66. The molecule has 0 unspecified atom stereocenters. The van der Waals surface area contributed by atoms with Gasteiger partial charge in [0.25, 0.3) is 0 Å². The Kier molecular flexibility index (Phi) is 5.37. The normalized spacial score (nSPS) is 11.8. The molecule has 17 heavy (non-hydrogen) atoms. The van der Waals surface area contributed by atoms with Gasteiger partial charge in [-0.2, -0.15) is 0 Å². The van der Waals surface area contributed by atoms with E-state index in [1.165, 1.54) is 12.1 Å². The average molecular weight is 260 g/mol. The monoisotopic (exact) mass is 259 g/mol. The van der Waals surface area contributed by atoms with Crippen molar-refractivity contribution in [2.75, 3.05) is 6.61 Å². The Morgan fingerprint density at radius 1 is 1.35 bits per heavy atom. The van der Waals surface area contributed by atoms with Gasteiger partial charge in [0, 0.05) is 17.1 Å². The van der Waals surface area contributed by atoms with E-state index < -0.39 is 0 Å². The minimum absolute atomic E-state index is 0.0624. The Labute approximate surface area is 107 Å². The Morgan fingerprint density at radius 2 is 2.00 bits per heavy atom. The van der Waals surface area contributed by atoms with E-state index in [1.807, 2.05) is 13.8 Å². The van der Waals surface area contributed by atoms with E-state index in [1.54, 1.807) is 6.07 Å². The number of halogens is 2. The van der Waals surface area contributed by atoms with Crippen LogP contribution >= 0.6 is 11.6 Å². The zero-order valence-corrected chi connectivity index (χ0v) is 11.0. The van der Waals surface area contributed by atoms with Crippen molar-refractivity contribution < 1.29 is 9.50 Å². The summed E-state index contributed by atoms with van der Waals surface area (Å²) in [5, 5.41) is 13.2. The second-order valence-electron chi connectivity index (χ2n) is 4.23. The van der Waals surface area contributed by atoms with Gasteiger partial charge < -0.3 is 10.4 Å². The van der Waals surface area contributed by atoms with Gasteiger partial charge in [-0.25, -0.2) is 4.39 Å². The van der Waals surface area contributed by atoms with Gasteiger partial charge in [-0.1, -0.05) is 25.4 Å². The second kappa shape index (κ2) is 6.34. The van der Waals surface area contributed by atoms with Gasteiger partial charge in [0.05, 0.1) is 6.61 Å².